The highest BCUT2D eigenvalue weighted by atomic mass is 32.2. The highest BCUT2D eigenvalue weighted by molar-refractivity contribution is 7.86. The van der Waals surface area contributed by atoms with Crippen LogP contribution in [0.15, 0.2) is 0 Å². The summed E-state index contributed by atoms with van der Waals surface area (Å²) in [5.41, 5.74) is -1.68. The first-order valence-corrected chi connectivity index (χ1v) is 9.03. The van der Waals surface area contributed by atoms with Gasteiger partial charge in [-0.15, -0.1) is 4.05 Å². The lowest BCUT2D eigenvalue weighted by Crippen LogP contribution is -2.56. The smallest absolute Gasteiger partial charge is 0.337 e. The minimum Gasteiger partial charge on any atom is -0.602 e. The Kier molecular flexibility index (Phi) is 3.04. The summed E-state index contributed by atoms with van der Waals surface area (Å²) < 4.78 is 22.8. The van der Waals surface area contributed by atoms with Crippen molar-refractivity contribution >= 4 is 27.6 Å². The Morgan fingerprint density at radius 2 is 1.73 bits per heavy atom. The Morgan fingerprint density at radius 3 is 2.14 bits per heavy atom. The van der Waals surface area contributed by atoms with Gasteiger partial charge in [-0.3, -0.25) is 4.79 Å². The molecule has 0 aromatic heterocycles. The number of rotatable bonds is 3. The van der Waals surface area contributed by atoms with Gasteiger partial charge < -0.3 is 5.21 Å². The number of carbonyl (C=O) groups is 3. The van der Waals surface area contributed by atoms with E-state index in [2.05, 4.69) is 0 Å². The molecule has 7 nitrogen and oxygen atoms in total. The van der Waals surface area contributed by atoms with Crippen LogP contribution >= 0.6 is 0 Å². The molecule has 8 heteroatoms. The van der Waals surface area contributed by atoms with Crippen molar-refractivity contribution in [2.75, 3.05) is 5.75 Å². The van der Waals surface area contributed by atoms with Gasteiger partial charge in [-0.05, 0) is 24.2 Å². The van der Waals surface area contributed by atoms with E-state index in [1.54, 1.807) is 0 Å². The van der Waals surface area contributed by atoms with E-state index in [0.717, 1.165) is 6.42 Å². The van der Waals surface area contributed by atoms with Crippen molar-refractivity contribution in [2.45, 2.75) is 46.0 Å². The van der Waals surface area contributed by atoms with Crippen LogP contribution in [0.4, 0.5) is 0 Å². The normalized spacial score (nSPS) is 36.3. The molecule has 2 atom stereocenters. The third kappa shape index (κ3) is 1.58. The summed E-state index contributed by atoms with van der Waals surface area (Å²) in [5, 5.41) is 12.5. The fraction of sp³-hybridized carbons (Fsp3) is 0.786. The number of carbonyl (C=O) groups excluding carboxylic acids is 3. The summed E-state index contributed by atoms with van der Waals surface area (Å²) in [6.07, 6.45) is 0.729. The summed E-state index contributed by atoms with van der Waals surface area (Å²) >= 11 is 0. The number of ketones is 1. The summed E-state index contributed by atoms with van der Waals surface area (Å²) in [4.78, 5) is 35.9. The van der Waals surface area contributed by atoms with Gasteiger partial charge in [0.15, 0.2) is 0 Å². The van der Waals surface area contributed by atoms with Crippen molar-refractivity contribution in [2.24, 2.45) is 16.7 Å². The number of Topliss-reactive ketones (excluding diaryl/α,β-unsaturated/α-hetero) is 1. The van der Waals surface area contributed by atoms with E-state index >= 15 is 0 Å². The minimum atomic E-state index is -4.63. The summed E-state index contributed by atoms with van der Waals surface area (Å²) in [7, 11) is -4.63. The monoisotopic (exact) mass is 329 g/mol. The van der Waals surface area contributed by atoms with Crippen LogP contribution in [0.25, 0.3) is 0 Å². The van der Waals surface area contributed by atoms with E-state index in [1.165, 1.54) is 0 Å². The zero-order chi connectivity index (χ0) is 16.6. The maximum Gasteiger partial charge on any atom is 0.337 e. The molecule has 1 aliphatic heterocycles. The van der Waals surface area contributed by atoms with E-state index in [1.807, 2.05) is 13.8 Å². The molecule has 2 amide bonds. The molecule has 2 aliphatic carbocycles. The van der Waals surface area contributed by atoms with Gasteiger partial charge in [0, 0.05) is 6.42 Å². The molecule has 122 valence electrons. The van der Waals surface area contributed by atoms with Crippen LogP contribution < -0.4 is 0 Å². The molecule has 0 spiro atoms. The maximum atomic E-state index is 12.6. The Bertz CT molecular complexity index is 678. The number of quaternary nitrogens is 1. The Morgan fingerprint density at radius 1 is 1.18 bits per heavy atom. The predicted molar refractivity (Wildman–Crippen MR) is 75.2 cm³/mol. The topological polar surface area (TPSA) is 108 Å². The van der Waals surface area contributed by atoms with Crippen LogP contribution in [0, 0.1) is 22.0 Å². The second-order valence-corrected chi connectivity index (χ2v) is 9.20. The van der Waals surface area contributed by atoms with Gasteiger partial charge in [0.1, 0.15) is 11.5 Å². The first-order chi connectivity index (χ1) is 9.99. The van der Waals surface area contributed by atoms with Crippen LogP contribution in [0.1, 0.15) is 46.0 Å². The third-order valence-corrected chi connectivity index (χ3v) is 8.22. The molecular formula is C14H19NO6S. The highest BCUT2D eigenvalue weighted by Gasteiger charge is 2.68. The standard InChI is InChI=1S/C14H19NO6S/c1-13(2)9-5-6-14(13,10(16)7-9)8-22(20,21)15(19)11(17)3-4-12(15)18/h9H,3-8H2,1-2H3. The van der Waals surface area contributed by atoms with Crippen LogP contribution in [0.5, 0.6) is 0 Å². The third-order valence-electron chi connectivity index (χ3n) is 6.17. The average molecular weight is 329 g/mol. The molecule has 0 radical (unpaired) electrons. The Hall–Kier alpha value is -1.12. The van der Waals surface area contributed by atoms with E-state index in [-0.39, 0.29) is 24.5 Å². The first-order valence-electron chi connectivity index (χ1n) is 7.42. The molecule has 3 aliphatic rings. The minimum absolute atomic E-state index is 0.0975. The molecule has 0 N–H and O–H groups in total. The van der Waals surface area contributed by atoms with Gasteiger partial charge in [-0.1, -0.05) is 13.8 Å². The van der Waals surface area contributed by atoms with Crippen LogP contribution in [-0.2, 0) is 24.4 Å². The number of nitrogens with zero attached hydrogens (tertiary/aromatic N) is 1. The van der Waals surface area contributed by atoms with Crippen LogP contribution in [0.2, 0.25) is 0 Å². The molecule has 3 rings (SSSR count). The number of fused-ring (bicyclic) bond motifs is 2. The quantitative estimate of drug-likeness (QED) is 0.432. The second kappa shape index (κ2) is 4.24. The zero-order valence-electron chi connectivity index (χ0n) is 12.6. The molecule has 0 aromatic rings. The number of hydrogen-bond donors (Lipinski definition) is 0. The molecule has 0 aromatic carbocycles. The molecule has 22 heavy (non-hydrogen) atoms. The highest BCUT2D eigenvalue weighted by Crippen LogP contribution is 2.64. The van der Waals surface area contributed by atoms with Gasteiger partial charge in [0.2, 0.25) is 0 Å². The van der Waals surface area contributed by atoms with Gasteiger partial charge >= 0.3 is 21.8 Å². The maximum absolute atomic E-state index is 12.6. The van der Waals surface area contributed by atoms with Gasteiger partial charge in [-0.2, -0.15) is 8.42 Å². The Labute approximate surface area is 128 Å². The van der Waals surface area contributed by atoms with Crippen molar-refractivity contribution in [1.82, 2.24) is 0 Å². The number of imide groups is 1. The number of hydrogen-bond acceptors (Lipinski definition) is 6. The fourth-order valence-corrected chi connectivity index (χ4v) is 6.75. The Balaban J connectivity index is 2.04. The molecule has 3 fully saturated rings. The number of hydroxylamine groups is 2. The van der Waals surface area contributed by atoms with Gasteiger partial charge in [0.05, 0.1) is 18.3 Å². The lowest BCUT2D eigenvalue weighted by Gasteiger charge is -2.39. The largest absolute Gasteiger partial charge is 0.602 e. The molecule has 2 bridgehead atoms. The summed E-state index contributed by atoms with van der Waals surface area (Å²) in [5.74, 6) is -3.05. The van der Waals surface area contributed by atoms with Crippen molar-refractivity contribution in [3.63, 3.8) is 0 Å². The van der Waals surface area contributed by atoms with Gasteiger partial charge in [0.25, 0.3) is 0 Å². The van der Waals surface area contributed by atoms with Crippen molar-refractivity contribution in [3.8, 4) is 0 Å². The van der Waals surface area contributed by atoms with Gasteiger partial charge in [-0.25, -0.2) is 9.59 Å². The van der Waals surface area contributed by atoms with E-state index in [4.69, 9.17) is 0 Å². The lowest BCUT2D eigenvalue weighted by atomic mass is 9.70. The molecule has 1 heterocycles. The van der Waals surface area contributed by atoms with Crippen LogP contribution in [0.3, 0.4) is 0 Å². The predicted octanol–water partition coefficient (Wildman–Crippen LogP) is 0.873. The zero-order valence-corrected chi connectivity index (χ0v) is 13.4. The van der Waals surface area contributed by atoms with Crippen molar-refractivity contribution < 1.29 is 26.9 Å². The van der Waals surface area contributed by atoms with Crippen molar-refractivity contribution in [1.29, 1.82) is 0 Å². The van der Waals surface area contributed by atoms with Crippen molar-refractivity contribution in [3.05, 3.63) is 5.21 Å². The van der Waals surface area contributed by atoms with E-state index in [9.17, 15) is 28.0 Å². The summed E-state index contributed by atoms with van der Waals surface area (Å²) in [6, 6.07) is 0. The van der Waals surface area contributed by atoms with Crippen LogP contribution in [-0.4, -0.2) is 35.8 Å². The number of sulfonamides is 1. The molecular weight excluding hydrogens is 310 g/mol. The number of amides is 2. The molecule has 2 saturated carbocycles. The second-order valence-electron chi connectivity index (χ2n) is 7.23. The lowest BCUT2D eigenvalue weighted by molar-refractivity contribution is -0.583. The first kappa shape index (κ1) is 15.8. The average Bonchev–Trinajstić information content (AvgIpc) is 2.88. The van der Waals surface area contributed by atoms with E-state index in [0.29, 0.717) is 12.8 Å². The fourth-order valence-electron chi connectivity index (χ4n) is 4.47. The SMILES string of the molecule is CC1(C)C2CCC1(CS(=O)(=O)[N+]1([O-])C(=O)CCC1=O)C(=O)C2. The van der Waals surface area contributed by atoms with E-state index < -0.39 is 42.5 Å². The molecule has 2 unspecified atom stereocenters. The molecule has 1 saturated heterocycles. The summed E-state index contributed by atoms with van der Waals surface area (Å²) in [6.45, 7) is 3.68.